The van der Waals surface area contributed by atoms with Crippen LogP contribution in [0, 0.1) is 0 Å². The van der Waals surface area contributed by atoms with E-state index in [2.05, 4.69) is 43.5 Å². The molecule has 6 nitrogen and oxygen atoms in total. The zero-order chi connectivity index (χ0) is 42.4. The van der Waals surface area contributed by atoms with Crippen molar-refractivity contribution in [2.45, 2.75) is 295 Å². The average Bonchev–Trinajstić information content (AvgIpc) is 3.23. The number of amides is 1. The summed E-state index contributed by atoms with van der Waals surface area (Å²) >= 11 is 0. The second kappa shape index (κ2) is 46.8. The van der Waals surface area contributed by atoms with E-state index < -0.39 is 36.9 Å². The number of nitrogens with one attached hydrogen (secondary N) is 1. The molecule has 6 heteroatoms. The number of carbonyl (C=O) groups is 1. The molecule has 0 aromatic rings. The fourth-order valence-corrected chi connectivity index (χ4v) is 8.08. The van der Waals surface area contributed by atoms with Crippen LogP contribution in [-0.4, -0.2) is 57.3 Å². The third-order valence-electron chi connectivity index (χ3n) is 12.1. The third kappa shape index (κ3) is 40.2. The molecular formula is C52H101NO5. The maximum Gasteiger partial charge on any atom is 0.249 e. The van der Waals surface area contributed by atoms with Crippen LogP contribution < -0.4 is 5.32 Å². The molecule has 0 aromatic carbocycles. The highest BCUT2D eigenvalue weighted by molar-refractivity contribution is 5.80. The molecule has 0 saturated heterocycles. The van der Waals surface area contributed by atoms with E-state index >= 15 is 0 Å². The van der Waals surface area contributed by atoms with Gasteiger partial charge in [-0.3, -0.25) is 4.79 Å². The van der Waals surface area contributed by atoms with E-state index in [1.807, 2.05) is 0 Å². The molecule has 0 aliphatic carbocycles. The summed E-state index contributed by atoms with van der Waals surface area (Å²) < 4.78 is 0. The molecule has 344 valence electrons. The summed E-state index contributed by atoms with van der Waals surface area (Å²) in [7, 11) is 0. The molecule has 0 spiro atoms. The number of carbonyl (C=O) groups excluding carboxylic acids is 1. The average molecular weight is 820 g/mol. The van der Waals surface area contributed by atoms with Crippen LogP contribution in [0.3, 0.4) is 0 Å². The van der Waals surface area contributed by atoms with Gasteiger partial charge in [0.05, 0.1) is 18.8 Å². The molecule has 0 rings (SSSR count). The summed E-state index contributed by atoms with van der Waals surface area (Å²) in [4.78, 5) is 12.5. The molecule has 4 unspecified atom stereocenters. The van der Waals surface area contributed by atoms with Gasteiger partial charge in [0, 0.05) is 0 Å². The van der Waals surface area contributed by atoms with Crippen LogP contribution in [0.15, 0.2) is 24.3 Å². The van der Waals surface area contributed by atoms with Crippen LogP contribution in [0.25, 0.3) is 0 Å². The van der Waals surface area contributed by atoms with Crippen molar-refractivity contribution in [1.82, 2.24) is 5.32 Å². The van der Waals surface area contributed by atoms with E-state index in [0.717, 1.165) is 44.9 Å². The second-order valence-electron chi connectivity index (χ2n) is 17.9. The van der Waals surface area contributed by atoms with Gasteiger partial charge >= 0.3 is 0 Å². The monoisotopic (exact) mass is 820 g/mol. The molecule has 0 saturated carbocycles. The first-order valence-corrected chi connectivity index (χ1v) is 25.7. The number of aliphatic hydroxyl groups is 4. The smallest absolute Gasteiger partial charge is 0.249 e. The fraction of sp³-hybridized carbons (Fsp3) is 0.904. The van der Waals surface area contributed by atoms with Gasteiger partial charge in [0.25, 0.3) is 0 Å². The third-order valence-corrected chi connectivity index (χ3v) is 12.1. The molecule has 1 amide bonds. The van der Waals surface area contributed by atoms with Gasteiger partial charge in [-0.2, -0.15) is 0 Å². The number of allylic oxidation sites excluding steroid dienone is 4. The molecule has 0 aliphatic heterocycles. The first kappa shape index (κ1) is 56.8. The van der Waals surface area contributed by atoms with Crippen molar-refractivity contribution in [3.05, 3.63) is 24.3 Å². The summed E-state index contributed by atoms with van der Waals surface area (Å²) in [6, 6.07) is -1.00. The fourth-order valence-electron chi connectivity index (χ4n) is 8.08. The summed E-state index contributed by atoms with van der Waals surface area (Å²) in [5.74, 6) is -0.595. The van der Waals surface area contributed by atoms with E-state index in [4.69, 9.17) is 0 Å². The lowest BCUT2D eigenvalue weighted by Gasteiger charge is -2.27. The van der Waals surface area contributed by atoms with Crippen LogP contribution in [0.4, 0.5) is 0 Å². The first-order chi connectivity index (χ1) is 28.5. The Hall–Kier alpha value is -1.21. The maximum absolute atomic E-state index is 12.5. The Morgan fingerprint density at radius 3 is 1.09 bits per heavy atom. The molecule has 0 fully saturated rings. The Morgan fingerprint density at radius 2 is 0.741 bits per heavy atom. The lowest BCUT2D eigenvalue weighted by atomic mass is 10.00. The molecule has 0 aromatic heterocycles. The zero-order valence-electron chi connectivity index (χ0n) is 38.8. The molecule has 4 atom stereocenters. The molecule has 0 radical (unpaired) electrons. The van der Waals surface area contributed by atoms with Crippen molar-refractivity contribution >= 4 is 5.91 Å². The van der Waals surface area contributed by atoms with Gasteiger partial charge in [0.1, 0.15) is 12.2 Å². The van der Waals surface area contributed by atoms with Crippen molar-refractivity contribution in [3.8, 4) is 0 Å². The highest BCUT2D eigenvalue weighted by atomic mass is 16.3. The number of aliphatic hydroxyl groups excluding tert-OH is 4. The zero-order valence-corrected chi connectivity index (χ0v) is 38.8. The topological polar surface area (TPSA) is 110 Å². The highest BCUT2D eigenvalue weighted by Crippen LogP contribution is 2.18. The molecule has 58 heavy (non-hydrogen) atoms. The number of hydrogen-bond acceptors (Lipinski definition) is 5. The quantitative estimate of drug-likeness (QED) is 0.0310. The summed E-state index contributed by atoms with van der Waals surface area (Å²) in [6.45, 7) is 3.97. The summed E-state index contributed by atoms with van der Waals surface area (Å²) in [5.41, 5.74) is 0. The number of hydrogen-bond donors (Lipinski definition) is 5. The normalized spacial score (nSPS) is 14.1. The van der Waals surface area contributed by atoms with Gasteiger partial charge in [-0.25, -0.2) is 0 Å². The van der Waals surface area contributed by atoms with Crippen LogP contribution in [0.1, 0.15) is 271 Å². The lowest BCUT2D eigenvalue weighted by Crippen LogP contribution is -2.53. The number of rotatable bonds is 47. The summed E-state index contributed by atoms with van der Waals surface area (Å²) in [6.07, 6.45) is 55.6. The van der Waals surface area contributed by atoms with E-state index in [1.54, 1.807) is 0 Å². The molecule has 0 heterocycles. The largest absolute Gasteiger partial charge is 0.394 e. The second-order valence-corrected chi connectivity index (χ2v) is 17.9. The minimum Gasteiger partial charge on any atom is -0.394 e. The first-order valence-electron chi connectivity index (χ1n) is 25.7. The maximum atomic E-state index is 12.5. The predicted octanol–water partition coefficient (Wildman–Crippen LogP) is 14.3. The van der Waals surface area contributed by atoms with E-state index in [1.165, 1.54) is 193 Å². The Bertz CT molecular complexity index is 878. The van der Waals surface area contributed by atoms with Gasteiger partial charge in [0.15, 0.2) is 0 Å². The predicted molar refractivity (Wildman–Crippen MR) is 251 cm³/mol. The Labute approximate surface area is 361 Å². The standard InChI is InChI=1S/C52H101NO5/c1-3-5-7-9-11-13-15-16-17-18-19-20-21-22-23-24-25-26-27-28-29-30-31-32-33-34-35-36-38-40-42-44-46-50(56)52(58)53-48(47-54)51(57)49(55)45-43-41-39-37-14-12-10-8-6-4-2/h8,10,37,39,48-51,54-57H,3-7,9,11-36,38,40-47H2,1-2H3,(H,53,58)/b10-8+,39-37+. The van der Waals surface area contributed by atoms with E-state index in [-0.39, 0.29) is 0 Å². The van der Waals surface area contributed by atoms with Crippen LogP contribution in [0.5, 0.6) is 0 Å². The van der Waals surface area contributed by atoms with Crippen molar-refractivity contribution in [2.24, 2.45) is 0 Å². The van der Waals surface area contributed by atoms with Crippen molar-refractivity contribution in [1.29, 1.82) is 0 Å². The van der Waals surface area contributed by atoms with E-state index in [0.29, 0.717) is 19.3 Å². The SMILES string of the molecule is CCC/C=C/CC/C=C/CCCC(O)C(O)C(CO)NC(=O)C(O)CCCCCCCCCCCCCCCCCCCCCCCCCCCCCCCCCC. The van der Waals surface area contributed by atoms with Crippen molar-refractivity contribution in [2.75, 3.05) is 6.61 Å². The molecule has 0 bridgehead atoms. The Kier molecular flexibility index (Phi) is 45.9. The Balaban J connectivity index is 3.51. The van der Waals surface area contributed by atoms with Gasteiger partial charge < -0.3 is 25.7 Å². The minimum absolute atomic E-state index is 0.364. The van der Waals surface area contributed by atoms with Gasteiger partial charge in [-0.1, -0.05) is 250 Å². The van der Waals surface area contributed by atoms with Gasteiger partial charge in [-0.15, -0.1) is 0 Å². The minimum atomic E-state index is -1.29. The molecular weight excluding hydrogens is 719 g/mol. The lowest BCUT2D eigenvalue weighted by molar-refractivity contribution is -0.132. The molecule has 5 N–H and O–H groups in total. The van der Waals surface area contributed by atoms with Gasteiger partial charge in [0.2, 0.25) is 5.91 Å². The highest BCUT2D eigenvalue weighted by Gasteiger charge is 2.28. The van der Waals surface area contributed by atoms with Gasteiger partial charge in [-0.05, 0) is 44.9 Å². The van der Waals surface area contributed by atoms with Crippen molar-refractivity contribution in [3.63, 3.8) is 0 Å². The van der Waals surface area contributed by atoms with E-state index in [9.17, 15) is 25.2 Å². The van der Waals surface area contributed by atoms with Crippen molar-refractivity contribution < 1.29 is 25.2 Å². The van der Waals surface area contributed by atoms with Crippen LogP contribution in [-0.2, 0) is 4.79 Å². The van der Waals surface area contributed by atoms with Crippen LogP contribution in [0.2, 0.25) is 0 Å². The summed E-state index contributed by atoms with van der Waals surface area (Å²) in [5, 5.41) is 43.6. The number of unbranched alkanes of at least 4 members (excludes halogenated alkanes) is 34. The van der Waals surface area contributed by atoms with Crippen LogP contribution >= 0.6 is 0 Å². The molecule has 0 aliphatic rings. The Morgan fingerprint density at radius 1 is 0.414 bits per heavy atom.